The summed E-state index contributed by atoms with van der Waals surface area (Å²) in [5.74, 6) is 0.354. The lowest BCUT2D eigenvalue weighted by molar-refractivity contribution is -0.136. The van der Waals surface area contributed by atoms with Crippen LogP contribution in [0.15, 0.2) is 54.6 Å². The van der Waals surface area contributed by atoms with E-state index in [1.54, 1.807) is 4.90 Å². The second-order valence-electron chi connectivity index (χ2n) is 13.5. The molecule has 3 atom stereocenters. The van der Waals surface area contributed by atoms with Crippen LogP contribution in [-0.4, -0.2) is 102 Å². The molecule has 0 bridgehead atoms. The summed E-state index contributed by atoms with van der Waals surface area (Å²) in [5, 5.41) is 4.39. The number of benzene rings is 2. The topological polar surface area (TPSA) is 76.2 Å². The third-order valence-electron chi connectivity index (χ3n) is 9.99. The summed E-state index contributed by atoms with van der Waals surface area (Å²) in [6.45, 7) is 4.79. The van der Waals surface area contributed by atoms with E-state index in [0.717, 1.165) is 37.7 Å². The zero-order valence-electron chi connectivity index (χ0n) is 27.2. The fraction of sp³-hybridized carbons (Fsp3) is 0.583. The lowest BCUT2D eigenvalue weighted by atomic mass is 9.87. The van der Waals surface area contributed by atoms with Crippen molar-refractivity contribution in [2.45, 2.75) is 88.9 Å². The lowest BCUT2D eigenvalue weighted by Crippen LogP contribution is -2.60. The maximum Gasteiger partial charge on any atom is 0.319 e. The SMILES string of the molecule is C[C@@H]1CN(C(=O)[C@@H](Cc2ccc(Cl)cc2)NC2CCN(C(=O)c3ccccc3)CC2)CC[C@H]1N(C(=O)N(C)C)C1CCCCC1. The van der Waals surface area contributed by atoms with Crippen LogP contribution in [0, 0.1) is 5.92 Å². The molecule has 2 saturated heterocycles. The van der Waals surface area contributed by atoms with E-state index in [2.05, 4.69) is 17.1 Å². The number of hydrogen-bond acceptors (Lipinski definition) is 4. The van der Waals surface area contributed by atoms with Gasteiger partial charge in [-0.05, 0) is 74.3 Å². The first-order valence-corrected chi connectivity index (χ1v) is 17.2. The molecule has 0 spiro atoms. The molecule has 2 aliphatic heterocycles. The van der Waals surface area contributed by atoms with E-state index in [1.807, 2.05) is 78.5 Å². The van der Waals surface area contributed by atoms with Crippen LogP contribution in [0.25, 0.3) is 0 Å². The summed E-state index contributed by atoms with van der Waals surface area (Å²) in [6.07, 6.45) is 8.66. The number of nitrogens with zero attached hydrogens (tertiary/aromatic N) is 4. The quantitative estimate of drug-likeness (QED) is 0.404. The van der Waals surface area contributed by atoms with Crippen molar-refractivity contribution >= 4 is 29.4 Å². The van der Waals surface area contributed by atoms with Gasteiger partial charge in [-0.3, -0.25) is 9.59 Å². The zero-order valence-corrected chi connectivity index (χ0v) is 27.9. The molecule has 3 fully saturated rings. The smallest absolute Gasteiger partial charge is 0.319 e. The first-order valence-electron chi connectivity index (χ1n) is 16.8. The van der Waals surface area contributed by atoms with Crippen molar-refractivity contribution in [2.75, 3.05) is 40.3 Å². The summed E-state index contributed by atoms with van der Waals surface area (Å²) in [5.41, 5.74) is 1.77. The summed E-state index contributed by atoms with van der Waals surface area (Å²) in [4.78, 5) is 48.5. The third-order valence-corrected chi connectivity index (χ3v) is 10.2. The average molecular weight is 636 g/mol. The molecule has 45 heavy (non-hydrogen) atoms. The van der Waals surface area contributed by atoms with Crippen molar-refractivity contribution in [3.63, 3.8) is 0 Å². The highest BCUT2D eigenvalue weighted by molar-refractivity contribution is 6.30. The number of carbonyl (C=O) groups excluding carboxylic acids is 3. The first kappa shape index (κ1) is 33.3. The van der Waals surface area contributed by atoms with Gasteiger partial charge in [0.15, 0.2) is 0 Å². The van der Waals surface area contributed by atoms with Gasteiger partial charge in [-0.2, -0.15) is 0 Å². The zero-order chi connectivity index (χ0) is 31.9. The Kier molecular flexibility index (Phi) is 11.4. The van der Waals surface area contributed by atoms with E-state index >= 15 is 0 Å². The molecule has 0 aromatic heterocycles. The lowest BCUT2D eigenvalue weighted by Gasteiger charge is -2.48. The molecule has 1 saturated carbocycles. The second-order valence-corrected chi connectivity index (χ2v) is 13.9. The second kappa shape index (κ2) is 15.5. The Balaban J connectivity index is 1.25. The average Bonchev–Trinajstić information content (AvgIpc) is 3.06. The van der Waals surface area contributed by atoms with Gasteiger partial charge in [0.25, 0.3) is 5.91 Å². The Bertz CT molecular complexity index is 1280. The molecule has 1 aliphatic carbocycles. The number of halogens is 1. The maximum absolute atomic E-state index is 14.3. The number of piperidine rings is 2. The number of urea groups is 1. The third kappa shape index (κ3) is 8.39. The monoisotopic (exact) mass is 635 g/mol. The summed E-state index contributed by atoms with van der Waals surface area (Å²) in [6, 6.07) is 17.4. The number of amides is 4. The van der Waals surface area contributed by atoms with Gasteiger partial charge in [-0.1, -0.05) is 68.1 Å². The molecular formula is C36H50ClN5O3. The van der Waals surface area contributed by atoms with Gasteiger partial charge < -0.3 is 24.9 Å². The van der Waals surface area contributed by atoms with E-state index < -0.39 is 0 Å². The number of carbonyl (C=O) groups is 3. The van der Waals surface area contributed by atoms with Crippen LogP contribution in [-0.2, 0) is 11.2 Å². The van der Waals surface area contributed by atoms with Crippen LogP contribution in [0.1, 0.15) is 74.2 Å². The molecule has 0 radical (unpaired) electrons. The van der Waals surface area contributed by atoms with Crippen molar-refractivity contribution in [1.29, 1.82) is 0 Å². The summed E-state index contributed by atoms with van der Waals surface area (Å²) < 4.78 is 0. The number of nitrogens with one attached hydrogen (secondary N) is 1. The van der Waals surface area contributed by atoms with Crippen molar-refractivity contribution in [1.82, 2.24) is 24.9 Å². The Labute approximate surface area is 274 Å². The molecule has 8 nitrogen and oxygen atoms in total. The normalized spacial score (nSPS) is 22.1. The van der Waals surface area contributed by atoms with Crippen LogP contribution < -0.4 is 5.32 Å². The van der Waals surface area contributed by atoms with Crippen LogP contribution in [0.5, 0.6) is 0 Å². The molecule has 0 unspecified atom stereocenters. The van der Waals surface area contributed by atoms with E-state index in [9.17, 15) is 14.4 Å². The first-order chi connectivity index (χ1) is 21.7. The fourth-order valence-electron chi connectivity index (χ4n) is 7.50. The molecule has 5 rings (SSSR count). The van der Waals surface area contributed by atoms with Crippen molar-refractivity contribution < 1.29 is 14.4 Å². The van der Waals surface area contributed by atoms with Gasteiger partial charge in [0, 0.05) is 69.0 Å². The molecule has 4 amide bonds. The predicted molar refractivity (Wildman–Crippen MR) is 179 cm³/mol. The summed E-state index contributed by atoms with van der Waals surface area (Å²) >= 11 is 6.17. The highest BCUT2D eigenvalue weighted by atomic mass is 35.5. The molecule has 2 aromatic carbocycles. The molecule has 244 valence electrons. The number of hydrogen-bond donors (Lipinski definition) is 1. The van der Waals surface area contributed by atoms with Crippen LogP contribution in [0.4, 0.5) is 4.79 Å². The highest BCUT2D eigenvalue weighted by Crippen LogP contribution is 2.31. The van der Waals surface area contributed by atoms with E-state index in [0.29, 0.717) is 43.2 Å². The number of rotatable bonds is 8. The van der Waals surface area contributed by atoms with E-state index in [-0.39, 0.29) is 47.9 Å². The summed E-state index contributed by atoms with van der Waals surface area (Å²) in [7, 11) is 3.69. The Hall–Kier alpha value is -3.10. The van der Waals surface area contributed by atoms with E-state index in [4.69, 9.17) is 11.6 Å². The van der Waals surface area contributed by atoms with Crippen LogP contribution in [0.2, 0.25) is 5.02 Å². The molecule has 3 aliphatic rings. The molecule has 1 N–H and O–H groups in total. The van der Waals surface area contributed by atoms with Gasteiger partial charge in [0.1, 0.15) is 0 Å². The standard InChI is InChI=1S/C36H50ClN5O3/c1-26-25-41(23-20-33(26)42(36(45)39(2)3)31-12-8-5-9-13-31)35(44)32(24-27-14-16-29(37)17-15-27)38-30-18-21-40(22-19-30)34(43)28-10-6-4-7-11-28/h4,6-7,10-11,14-17,26,30-33,38H,5,8-9,12-13,18-25H2,1-3H3/t26-,32-,33-/m1/s1. The molecular weight excluding hydrogens is 586 g/mol. The fourth-order valence-corrected chi connectivity index (χ4v) is 7.62. The maximum atomic E-state index is 14.3. The number of likely N-dealkylation sites (tertiary alicyclic amines) is 2. The minimum atomic E-state index is -0.380. The van der Waals surface area contributed by atoms with Crippen molar-refractivity contribution in [2.24, 2.45) is 5.92 Å². The highest BCUT2D eigenvalue weighted by Gasteiger charge is 2.40. The predicted octanol–water partition coefficient (Wildman–Crippen LogP) is 5.70. The van der Waals surface area contributed by atoms with Crippen LogP contribution in [0.3, 0.4) is 0 Å². The van der Waals surface area contributed by atoms with E-state index in [1.165, 1.54) is 19.3 Å². The Morgan fingerprint density at radius 2 is 1.51 bits per heavy atom. The van der Waals surface area contributed by atoms with Gasteiger partial charge in [0.2, 0.25) is 5.91 Å². The van der Waals surface area contributed by atoms with Crippen molar-refractivity contribution in [3.8, 4) is 0 Å². The Morgan fingerprint density at radius 3 is 2.13 bits per heavy atom. The van der Waals surface area contributed by atoms with Gasteiger partial charge in [-0.25, -0.2) is 4.79 Å². The van der Waals surface area contributed by atoms with Crippen LogP contribution >= 0.6 is 11.6 Å². The van der Waals surface area contributed by atoms with Gasteiger partial charge in [0.05, 0.1) is 6.04 Å². The van der Waals surface area contributed by atoms with Gasteiger partial charge >= 0.3 is 6.03 Å². The molecule has 2 aromatic rings. The van der Waals surface area contributed by atoms with Gasteiger partial charge in [-0.15, -0.1) is 0 Å². The molecule has 9 heteroatoms. The molecule has 2 heterocycles. The minimum Gasteiger partial charge on any atom is -0.341 e. The van der Waals surface area contributed by atoms with Crippen molar-refractivity contribution in [3.05, 3.63) is 70.7 Å². The minimum absolute atomic E-state index is 0.0646. The largest absolute Gasteiger partial charge is 0.341 e. The Morgan fingerprint density at radius 1 is 0.867 bits per heavy atom.